The standard InChI is InChI=1S/C9H14/c1-5-6-7-9(4)8(2)3/h5-7,9H,1-2H2,3-4H3/b7-6-. The van der Waals surface area contributed by atoms with Crippen LogP contribution in [-0.2, 0) is 0 Å². The summed E-state index contributed by atoms with van der Waals surface area (Å²) in [6.07, 6.45) is 5.80. The molecule has 0 N–H and O–H groups in total. The van der Waals surface area contributed by atoms with Crippen LogP contribution in [0.5, 0.6) is 0 Å². The molecule has 0 amide bonds. The average Bonchev–Trinajstić information content (AvgIpc) is 1.82. The van der Waals surface area contributed by atoms with Crippen LogP contribution >= 0.6 is 0 Å². The second kappa shape index (κ2) is 4.13. The van der Waals surface area contributed by atoms with Crippen LogP contribution in [0.2, 0.25) is 0 Å². The average molecular weight is 122 g/mol. The molecule has 0 heteroatoms. The van der Waals surface area contributed by atoms with Crippen molar-refractivity contribution in [1.82, 2.24) is 0 Å². The second-order valence-corrected chi connectivity index (χ2v) is 2.26. The van der Waals surface area contributed by atoms with Crippen LogP contribution in [0.25, 0.3) is 0 Å². The highest BCUT2D eigenvalue weighted by Gasteiger charge is 1.92. The Hall–Kier alpha value is -0.780. The van der Waals surface area contributed by atoms with Crippen molar-refractivity contribution >= 4 is 0 Å². The third-order valence-electron chi connectivity index (χ3n) is 1.31. The summed E-state index contributed by atoms with van der Waals surface area (Å²) in [6, 6.07) is 0. The molecule has 0 heterocycles. The van der Waals surface area contributed by atoms with Gasteiger partial charge in [-0.3, -0.25) is 0 Å². The summed E-state index contributed by atoms with van der Waals surface area (Å²) in [6.45, 7) is 11.5. The lowest BCUT2D eigenvalue weighted by Crippen LogP contribution is -1.87. The Bertz CT molecular complexity index is 129. The summed E-state index contributed by atoms with van der Waals surface area (Å²) in [5.74, 6) is 0.475. The fraction of sp³-hybridized carbons (Fsp3) is 0.333. The van der Waals surface area contributed by atoms with E-state index in [0.29, 0.717) is 5.92 Å². The molecule has 0 aromatic rings. The lowest BCUT2D eigenvalue weighted by Gasteiger charge is -2.01. The van der Waals surface area contributed by atoms with Gasteiger partial charge in [0.2, 0.25) is 0 Å². The molecular weight excluding hydrogens is 108 g/mol. The first-order chi connectivity index (χ1) is 4.18. The van der Waals surface area contributed by atoms with E-state index in [2.05, 4.69) is 26.2 Å². The SMILES string of the molecule is C=C/C=C\C(C)C(=C)C. The van der Waals surface area contributed by atoms with E-state index in [4.69, 9.17) is 0 Å². The zero-order valence-electron chi connectivity index (χ0n) is 6.22. The van der Waals surface area contributed by atoms with Gasteiger partial charge in [0.25, 0.3) is 0 Å². The molecule has 0 fully saturated rings. The molecule has 1 atom stereocenters. The van der Waals surface area contributed by atoms with Crippen molar-refractivity contribution in [2.24, 2.45) is 5.92 Å². The third kappa shape index (κ3) is 3.77. The van der Waals surface area contributed by atoms with Gasteiger partial charge in [0.15, 0.2) is 0 Å². The topological polar surface area (TPSA) is 0 Å². The van der Waals surface area contributed by atoms with Crippen LogP contribution in [0.15, 0.2) is 37.0 Å². The van der Waals surface area contributed by atoms with E-state index >= 15 is 0 Å². The van der Waals surface area contributed by atoms with E-state index in [0.717, 1.165) is 0 Å². The van der Waals surface area contributed by atoms with Crippen molar-refractivity contribution in [1.29, 1.82) is 0 Å². The predicted molar refractivity (Wildman–Crippen MR) is 43.3 cm³/mol. The van der Waals surface area contributed by atoms with Crippen LogP contribution in [0.1, 0.15) is 13.8 Å². The quantitative estimate of drug-likeness (QED) is 0.399. The molecular formula is C9H14. The van der Waals surface area contributed by atoms with Gasteiger partial charge in [-0.2, -0.15) is 0 Å². The van der Waals surface area contributed by atoms with Crippen molar-refractivity contribution in [2.75, 3.05) is 0 Å². The van der Waals surface area contributed by atoms with Gasteiger partial charge >= 0.3 is 0 Å². The fourth-order valence-electron chi connectivity index (χ4n) is 0.410. The molecule has 0 spiro atoms. The summed E-state index contributed by atoms with van der Waals surface area (Å²) in [4.78, 5) is 0. The first-order valence-electron chi connectivity index (χ1n) is 3.13. The van der Waals surface area contributed by atoms with Gasteiger partial charge in [-0.05, 0) is 12.8 Å². The van der Waals surface area contributed by atoms with E-state index in [-0.39, 0.29) is 0 Å². The fourth-order valence-corrected chi connectivity index (χ4v) is 0.410. The van der Waals surface area contributed by atoms with Crippen molar-refractivity contribution in [2.45, 2.75) is 13.8 Å². The molecule has 0 rings (SSSR count). The number of allylic oxidation sites excluding steroid dienone is 4. The zero-order chi connectivity index (χ0) is 7.28. The van der Waals surface area contributed by atoms with Crippen LogP contribution < -0.4 is 0 Å². The Balaban J connectivity index is 3.75. The first kappa shape index (κ1) is 8.22. The van der Waals surface area contributed by atoms with Gasteiger partial charge in [-0.15, -0.1) is 0 Å². The Labute approximate surface area is 57.6 Å². The van der Waals surface area contributed by atoms with Crippen molar-refractivity contribution < 1.29 is 0 Å². The highest BCUT2D eigenvalue weighted by molar-refractivity contribution is 5.08. The minimum Gasteiger partial charge on any atom is -0.0996 e. The van der Waals surface area contributed by atoms with Crippen LogP contribution in [0, 0.1) is 5.92 Å². The molecule has 0 aromatic carbocycles. The Kier molecular flexibility index (Phi) is 3.78. The van der Waals surface area contributed by atoms with E-state index in [9.17, 15) is 0 Å². The van der Waals surface area contributed by atoms with Gasteiger partial charge in [-0.25, -0.2) is 0 Å². The maximum absolute atomic E-state index is 3.82. The highest BCUT2D eigenvalue weighted by atomic mass is 14.0. The van der Waals surface area contributed by atoms with E-state index in [1.807, 2.05) is 13.0 Å². The van der Waals surface area contributed by atoms with Crippen LogP contribution in [-0.4, -0.2) is 0 Å². The molecule has 0 radical (unpaired) electrons. The Morgan fingerprint density at radius 1 is 1.56 bits per heavy atom. The third-order valence-corrected chi connectivity index (χ3v) is 1.31. The normalized spacial score (nSPS) is 13.6. The minimum atomic E-state index is 0.475. The molecule has 0 aliphatic rings. The molecule has 50 valence electrons. The lowest BCUT2D eigenvalue weighted by atomic mass is 10.0. The van der Waals surface area contributed by atoms with Gasteiger partial charge in [0, 0.05) is 0 Å². The summed E-state index contributed by atoms with van der Waals surface area (Å²) in [5, 5.41) is 0. The van der Waals surface area contributed by atoms with Gasteiger partial charge in [0.1, 0.15) is 0 Å². The Morgan fingerprint density at radius 2 is 2.11 bits per heavy atom. The number of hydrogen-bond acceptors (Lipinski definition) is 0. The van der Waals surface area contributed by atoms with Crippen molar-refractivity contribution in [3.05, 3.63) is 37.0 Å². The predicted octanol–water partition coefficient (Wildman–Crippen LogP) is 2.94. The lowest BCUT2D eigenvalue weighted by molar-refractivity contribution is 0.868. The molecule has 0 nitrogen and oxygen atoms in total. The second-order valence-electron chi connectivity index (χ2n) is 2.26. The number of rotatable bonds is 3. The van der Waals surface area contributed by atoms with Gasteiger partial charge in [-0.1, -0.05) is 43.9 Å². The summed E-state index contributed by atoms with van der Waals surface area (Å²) in [7, 11) is 0. The van der Waals surface area contributed by atoms with E-state index in [1.54, 1.807) is 6.08 Å². The molecule has 0 aliphatic heterocycles. The Morgan fingerprint density at radius 3 is 2.44 bits per heavy atom. The first-order valence-corrected chi connectivity index (χ1v) is 3.13. The summed E-state index contributed by atoms with van der Waals surface area (Å²) in [5.41, 5.74) is 1.19. The smallest absolute Gasteiger partial charge is 0.00540 e. The summed E-state index contributed by atoms with van der Waals surface area (Å²) >= 11 is 0. The number of hydrogen-bond donors (Lipinski definition) is 0. The van der Waals surface area contributed by atoms with Gasteiger partial charge in [0.05, 0.1) is 0 Å². The summed E-state index contributed by atoms with van der Waals surface area (Å²) < 4.78 is 0. The van der Waals surface area contributed by atoms with E-state index < -0.39 is 0 Å². The maximum Gasteiger partial charge on any atom is -0.00540 e. The van der Waals surface area contributed by atoms with Crippen LogP contribution in [0.4, 0.5) is 0 Å². The van der Waals surface area contributed by atoms with Crippen molar-refractivity contribution in [3.8, 4) is 0 Å². The molecule has 1 unspecified atom stereocenters. The monoisotopic (exact) mass is 122 g/mol. The largest absolute Gasteiger partial charge is 0.0996 e. The molecule has 0 bridgehead atoms. The molecule has 9 heavy (non-hydrogen) atoms. The van der Waals surface area contributed by atoms with Gasteiger partial charge < -0.3 is 0 Å². The van der Waals surface area contributed by atoms with Crippen molar-refractivity contribution in [3.63, 3.8) is 0 Å². The molecule has 0 aromatic heterocycles. The highest BCUT2D eigenvalue weighted by Crippen LogP contribution is 2.07. The maximum atomic E-state index is 3.82. The van der Waals surface area contributed by atoms with E-state index in [1.165, 1.54) is 5.57 Å². The molecule has 0 aliphatic carbocycles. The molecule has 0 saturated carbocycles. The molecule has 0 saturated heterocycles. The zero-order valence-corrected chi connectivity index (χ0v) is 6.22. The van der Waals surface area contributed by atoms with Crippen LogP contribution in [0.3, 0.4) is 0 Å². The minimum absolute atomic E-state index is 0.475.